The Morgan fingerprint density at radius 2 is 0.966 bits per heavy atom. The Morgan fingerprint density at radius 1 is 0.542 bits per heavy atom. The van der Waals surface area contributed by atoms with Gasteiger partial charge in [-0.15, -0.1) is 0 Å². The zero-order chi connectivity index (χ0) is 43.6. The van der Waals surface area contributed by atoms with Crippen molar-refractivity contribution >= 4 is 19.8 Å². The average Bonchev–Trinajstić information content (AvgIpc) is 3.21. The molecule has 344 valence electrons. The Labute approximate surface area is 355 Å². The lowest BCUT2D eigenvalue weighted by molar-refractivity contribution is -0.220. The minimum atomic E-state index is -5.12. The highest BCUT2D eigenvalue weighted by molar-refractivity contribution is 7.47. The number of carbonyl (C=O) groups excluding carboxylic acids is 2. The van der Waals surface area contributed by atoms with Gasteiger partial charge in [0, 0.05) is 12.8 Å². The van der Waals surface area contributed by atoms with Crippen molar-refractivity contribution in [3.05, 3.63) is 36.5 Å². The molecule has 6 N–H and O–H groups in total. The second-order valence-electron chi connectivity index (χ2n) is 15.9. The smallest absolute Gasteiger partial charge is 0.462 e. The minimum absolute atomic E-state index is 0.0956. The van der Waals surface area contributed by atoms with Crippen molar-refractivity contribution in [2.45, 2.75) is 224 Å². The average molecular weight is 861 g/mol. The molecule has 59 heavy (non-hydrogen) atoms. The fourth-order valence-electron chi connectivity index (χ4n) is 6.83. The number of ether oxygens (including phenoxy) is 2. The number of phosphoric ester groups is 1. The van der Waals surface area contributed by atoms with E-state index in [1.165, 1.54) is 64.2 Å². The SMILES string of the molecule is CC/C=C/C/C=C/C/C=C/CCCCCCCC(=O)OC[C@H](COP(=O)(O)OC1C(O)C(O)C(O)[C@@H](O)C1O)OC(=O)CCCCCCCCCCCCCCCCC. The van der Waals surface area contributed by atoms with E-state index in [0.717, 1.165) is 77.0 Å². The first-order valence-electron chi connectivity index (χ1n) is 22.8. The van der Waals surface area contributed by atoms with E-state index in [1.54, 1.807) is 0 Å². The number of phosphoric acid groups is 1. The molecule has 0 aromatic carbocycles. The molecule has 0 radical (unpaired) electrons. The van der Waals surface area contributed by atoms with Gasteiger partial charge in [0.15, 0.2) is 6.10 Å². The quantitative estimate of drug-likeness (QED) is 0.0150. The van der Waals surface area contributed by atoms with Crippen molar-refractivity contribution < 1.29 is 63.1 Å². The number of allylic oxidation sites excluding steroid dienone is 6. The Hall–Kier alpha value is -1.93. The first-order chi connectivity index (χ1) is 28.4. The van der Waals surface area contributed by atoms with Gasteiger partial charge in [-0.05, 0) is 44.9 Å². The maximum Gasteiger partial charge on any atom is 0.472 e. The first kappa shape index (κ1) is 55.1. The number of rotatable bonds is 37. The molecule has 1 rings (SSSR count). The summed E-state index contributed by atoms with van der Waals surface area (Å²) >= 11 is 0. The summed E-state index contributed by atoms with van der Waals surface area (Å²) in [5, 5.41) is 50.1. The van der Waals surface area contributed by atoms with Crippen LogP contribution in [0.4, 0.5) is 0 Å². The highest BCUT2D eigenvalue weighted by Gasteiger charge is 2.51. The van der Waals surface area contributed by atoms with Crippen LogP contribution in [-0.2, 0) is 32.7 Å². The number of hydrogen-bond acceptors (Lipinski definition) is 12. The summed E-state index contributed by atoms with van der Waals surface area (Å²) in [5.41, 5.74) is 0. The largest absolute Gasteiger partial charge is 0.472 e. The van der Waals surface area contributed by atoms with Crippen molar-refractivity contribution in [2.24, 2.45) is 0 Å². The normalized spacial score (nSPS) is 22.6. The van der Waals surface area contributed by atoms with Crippen LogP contribution < -0.4 is 0 Å². The maximum absolute atomic E-state index is 12.8. The van der Waals surface area contributed by atoms with Gasteiger partial charge in [0.25, 0.3) is 0 Å². The first-order valence-corrected chi connectivity index (χ1v) is 24.3. The molecule has 0 bridgehead atoms. The molecule has 0 aromatic rings. The maximum atomic E-state index is 12.8. The fourth-order valence-corrected chi connectivity index (χ4v) is 7.80. The van der Waals surface area contributed by atoms with Crippen LogP contribution in [-0.4, -0.2) is 98.3 Å². The van der Waals surface area contributed by atoms with Crippen LogP contribution in [0.5, 0.6) is 0 Å². The van der Waals surface area contributed by atoms with E-state index in [1.807, 2.05) is 0 Å². The molecule has 0 amide bonds. The summed E-state index contributed by atoms with van der Waals surface area (Å²) in [5.74, 6) is -1.12. The minimum Gasteiger partial charge on any atom is -0.462 e. The zero-order valence-electron chi connectivity index (χ0n) is 36.3. The lowest BCUT2D eigenvalue weighted by Crippen LogP contribution is -2.64. The van der Waals surface area contributed by atoms with E-state index in [-0.39, 0.29) is 12.8 Å². The number of aliphatic hydroxyl groups is 5. The van der Waals surface area contributed by atoms with Gasteiger partial charge in [0.1, 0.15) is 43.2 Å². The molecule has 6 unspecified atom stereocenters. The van der Waals surface area contributed by atoms with E-state index in [0.29, 0.717) is 12.8 Å². The molecular formula is C45H81O13P. The Kier molecular flexibility index (Phi) is 33.3. The van der Waals surface area contributed by atoms with Crippen LogP contribution >= 0.6 is 7.82 Å². The van der Waals surface area contributed by atoms with E-state index in [9.17, 15) is 44.6 Å². The third-order valence-corrected chi connectivity index (χ3v) is 11.5. The van der Waals surface area contributed by atoms with Gasteiger partial charge >= 0.3 is 19.8 Å². The van der Waals surface area contributed by atoms with Crippen LogP contribution in [0.1, 0.15) is 181 Å². The summed E-state index contributed by atoms with van der Waals surface area (Å²) in [4.78, 5) is 35.7. The second kappa shape index (κ2) is 35.6. The van der Waals surface area contributed by atoms with Crippen molar-refractivity contribution in [3.8, 4) is 0 Å². The predicted molar refractivity (Wildman–Crippen MR) is 230 cm³/mol. The third kappa shape index (κ3) is 28.3. The molecule has 1 aliphatic carbocycles. The lowest BCUT2D eigenvalue weighted by atomic mass is 9.85. The lowest BCUT2D eigenvalue weighted by Gasteiger charge is -2.41. The molecule has 8 atom stereocenters. The van der Waals surface area contributed by atoms with Crippen LogP contribution in [0.3, 0.4) is 0 Å². The van der Waals surface area contributed by atoms with Gasteiger partial charge in [0.05, 0.1) is 6.61 Å². The van der Waals surface area contributed by atoms with Gasteiger partial charge < -0.3 is 39.9 Å². The number of aliphatic hydroxyl groups excluding tert-OH is 5. The van der Waals surface area contributed by atoms with E-state index in [4.69, 9.17) is 18.5 Å². The molecule has 0 heterocycles. The topological polar surface area (TPSA) is 210 Å². The monoisotopic (exact) mass is 861 g/mol. The molecule has 14 heteroatoms. The Morgan fingerprint density at radius 3 is 1.47 bits per heavy atom. The molecular weight excluding hydrogens is 779 g/mol. The molecule has 13 nitrogen and oxygen atoms in total. The summed E-state index contributed by atoms with van der Waals surface area (Å²) in [7, 11) is -5.12. The molecule has 0 spiro atoms. The molecule has 0 aliphatic heterocycles. The van der Waals surface area contributed by atoms with Gasteiger partial charge in [-0.3, -0.25) is 18.6 Å². The summed E-state index contributed by atoms with van der Waals surface area (Å²) in [6.45, 7) is 3.17. The van der Waals surface area contributed by atoms with E-state index in [2.05, 4.69) is 50.3 Å². The summed E-state index contributed by atoms with van der Waals surface area (Å²) < 4.78 is 33.5. The number of esters is 2. The van der Waals surface area contributed by atoms with Crippen molar-refractivity contribution in [1.29, 1.82) is 0 Å². The van der Waals surface area contributed by atoms with Gasteiger partial charge in [-0.2, -0.15) is 0 Å². The van der Waals surface area contributed by atoms with Gasteiger partial charge in [0.2, 0.25) is 0 Å². The zero-order valence-corrected chi connectivity index (χ0v) is 37.2. The summed E-state index contributed by atoms with van der Waals surface area (Å²) in [6, 6.07) is 0. The Bertz CT molecular complexity index is 1180. The van der Waals surface area contributed by atoms with Crippen LogP contribution in [0, 0.1) is 0 Å². The van der Waals surface area contributed by atoms with Gasteiger partial charge in [-0.1, -0.05) is 159 Å². The van der Waals surface area contributed by atoms with Crippen LogP contribution in [0.15, 0.2) is 36.5 Å². The molecule has 0 aromatic heterocycles. The fraction of sp³-hybridized carbons (Fsp3) is 0.822. The van der Waals surface area contributed by atoms with Gasteiger partial charge in [-0.25, -0.2) is 4.57 Å². The van der Waals surface area contributed by atoms with Crippen LogP contribution in [0.25, 0.3) is 0 Å². The molecule has 1 saturated carbocycles. The predicted octanol–water partition coefficient (Wildman–Crippen LogP) is 8.61. The molecule has 0 saturated heterocycles. The third-order valence-electron chi connectivity index (χ3n) is 10.5. The van der Waals surface area contributed by atoms with Crippen molar-refractivity contribution in [3.63, 3.8) is 0 Å². The van der Waals surface area contributed by atoms with E-state index < -0.39 is 75.7 Å². The van der Waals surface area contributed by atoms with Crippen LogP contribution in [0.2, 0.25) is 0 Å². The standard InChI is InChI=1S/C45H81O13P/c1-3-5-7-9-11-13-15-17-19-21-23-25-27-29-31-33-38(46)55-35-37(36-56-59(53,54)58-45-43(51)41(49)40(48)42(50)44(45)52)57-39(47)34-32-30-28-26-24-22-20-18-16-14-12-10-8-6-4-2/h5,7,11,13,17,19,37,40-45,48-52H,3-4,6,8-10,12,14-16,18,20-36H2,1-2H3,(H,53,54)/b7-5+,13-11+,19-17+/t37-,40?,41-,42?,43?,44?,45?/m1/s1. The van der Waals surface area contributed by atoms with Crippen molar-refractivity contribution in [1.82, 2.24) is 0 Å². The number of hydrogen-bond donors (Lipinski definition) is 6. The van der Waals surface area contributed by atoms with E-state index >= 15 is 0 Å². The molecule has 1 aliphatic rings. The number of carbonyl (C=O) groups is 2. The highest BCUT2D eigenvalue weighted by atomic mass is 31.2. The number of unbranched alkanes of at least 4 members (excludes halogenated alkanes) is 19. The highest BCUT2D eigenvalue weighted by Crippen LogP contribution is 2.47. The summed E-state index contributed by atoms with van der Waals surface area (Å²) in [6.07, 6.45) is 26.3. The Balaban J connectivity index is 2.47. The second-order valence-corrected chi connectivity index (χ2v) is 17.3. The van der Waals surface area contributed by atoms with Crippen molar-refractivity contribution in [2.75, 3.05) is 13.2 Å². The molecule has 1 fully saturated rings.